The van der Waals surface area contributed by atoms with Gasteiger partial charge >= 0.3 is 0 Å². The Hall–Kier alpha value is -2.32. The van der Waals surface area contributed by atoms with Gasteiger partial charge in [0, 0.05) is 25.7 Å². The van der Waals surface area contributed by atoms with Crippen LogP contribution in [0.2, 0.25) is 0 Å². The highest BCUT2D eigenvalue weighted by Crippen LogP contribution is 2.24. The third-order valence-electron chi connectivity index (χ3n) is 3.82. The van der Waals surface area contributed by atoms with Gasteiger partial charge in [-0.25, -0.2) is 21.5 Å². The molecule has 1 N–H and O–H groups in total. The third kappa shape index (κ3) is 3.85. The van der Waals surface area contributed by atoms with Gasteiger partial charge in [0.15, 0.2) is 0 Å². The van der Waals surface area contributed by atoms with Crippen LogP contribution in [0.25, 0.3) is 0 Å². The number of carbonyl (C=O) groups excluding carboxylic acids is 1. The maximum absolute atomic E-state index is 13.7. The van der Waals surface area contributed by atoms with Crippen molar-refractivity contribution in [2.24, 2.45) is 0 Å². The van der Waals surface area contributed by atoms with Gasteiger partial charge in [-0.2, -0.15) is 0 Å². The Balaban J connectivity index is 2.48. The second kappa shape index (κ2) is 6.89. The van der Waals surface area contributed by atoms with E-state index >= 15 is 0 Å². The number of anilines is 1. The average molecular weight is 368 g/mol. The van der Waals surface area contributed by atoms with Crippen molar-refractivity contribution in [3.05, 3.63) is 58.7 Å². The molecule has 0 radical (unpaired) electrons. The highest BCUT2D eigenvalue weighted by Gasteiger charge is 2.23. The minimum Gasteiger partial charge on any atom is -0.319 e. The van der Waals surface area contributed by atoms with Gasteiger partial charge in [-0.3, -0.25) is 4.79 Å². The highest BCUT2D eigenvalue weighted by atomic mass is 32.2. The molecular formula is C17H18F2N2O3S. The van der Waals surface area contributed by atoms with Crippen molar-refractivity contribution in [1.82, 2.24) is 4.31 Å². The molecule has 0 aliphatic heterocycles. The second-order valence-electron chi connectivity index (χ2n) is 5.78. The summed E-state index contributed by atoms with van der Waals surface area (Å²) in [4.78, 5) is 12.4. The summed E-state index contributed by atoms with van der Waals surface area (Å²) < 4.78 is 52.8. The van der Waals surface area contributed by atoms with E-state index < -0.39 is 27.6 Å². The Labute approximate surface area is 145 Å². The van der Waals surface area contributed by atoms with Crippen LogP contribution in [0.5, 0.6) is 0 Å². The molecule has 8 heteroatoms. The molecule has 0 saturated carbocycles. The molecular weight excluding hydrogens is 350 g/mol. The number of benzene rings is 2. The van der Waals surface area contributed by atoms with E-state index in [1.807, 2.05) is 0 Å². The summed E-state index contributed by atoms with van der Waals surface area (Å²) in [5, 5.41) is 2.26. The van der Waals surface area contributed by atoms with Crippen LogP contribution in [0.1, 0.15) is 21.5 Å². The van der Waals surface area contributed by atoms with E-state index in [0.29, 0.717) is 11.1 Å². The van der Waals surface area contributed by atoms with Crippen LogP contribution in [0.4, 0.5) is 14.5 Å². The number of amides is 1. The first kappa shape index (κ1) is 19.0. The fourth-order valence-electron chi connectivity index (χ4n) is 2.21. The van der Waals surface area contributed by atoms with Crippen LogP contribution in [0.3, 0.4) is 0 Å². The molecule has 0 aromatic heterocycles. The molecule has 0 saturated heterocycles. The number of carbonyl (C=O) groups is 1. The first-order valence-corrected chi connectivity index (χ1v) is 8.78. The van der Waals surface area contributed by atoms with Gasteiger partial charge in [-0.05, 0) is 49.2 Å². The van der Waals surface area contributed by atoms with Crippen LogP contribution >= 0.6 is 0 Å². The lowest BCUT2D eigenvalue weighted by Gasteiger charge is -2.16. The number of nitrogens with one attached hydrogen (secondary N) is 1. The molecule has 5 nitrogen and oxygen atoms in total. The molecule has 134 valence electrons. The zero-order valence-electron chi connectivity index (χ0n) is 14.2. The van der Waals surface area contributed by atoms with Crippen molar-refractivity contribution < 1.29 is 22.0 Å². The Kier molecular flexibility index (Phi) is 5.24. The van der Waals surface area contributed by atoms with Crippen LogP contribution in [-0.4, -0.2) is 32.7 Å². The van der Waals surface area contributed by atoms with Gasteiger partial charge in [0.1, 0.15) is 11.6 Å². The minimum absolute atomic E-state index is 0.0117. The van der Waals surface area contributed by atoms with E-state index in [2.05, 4.69) is 5.32 Å². The maximum atomic E-state index is 13.7. The smallest absolute Gasteiger partial charge is 0.255 e. The van der Waals surface area contributed by atoms with Crippen LogP contribution in [-0.2, 0) is 10.0 Å². The number of hydrogen-bond acceptors (Lipinski definition) is 3. The first-order chi connectivity index (χ1) is 11.5. The molecule has 0 bridgehead atoms. The van der Waals surface area contributed by atoms with Crippen LogP contribution in [0.15, 0.2) is 35.2 Å². The number of sulfonamides is 1. The number of rotatable bonds is 4. The molecule has 0 aliphatic carbocycles. The lowest BCUT2D eigenvalue weighted by molar-refractivity contribution is 0.102. The largest absolute Gasteiger partial charge is 0.319 e. The monoisotopic (exact) mass is 368 g/mol. The van der Waals surface area contributed by atoms with E-state index in [1.54, 1.807) is 13.8 Å². The summed E-state index contributed by atoms with van der Waals surface area (Å²) in [5.74, 6) is -2.23. The quantitative estimate of drug-likeness (QED) is 0.902. The average Bonchev–Trinajstić information content (AvgIpc) is 2.52. The van der Waals surface area contributed by atoms with Gasteiger partial charge in [-0.15, -0.1) is 0 Å². The van der Waals surface area contributed by atoms with Gasteiger partial charge in [0.2, 0.25) is 10.0 Å². The van der Waals surface area contributed by atoms with Crippen molar-refractivity contribution >= 4 is 21.6 Å². The first-order valence-electron chi connectivity index (χ1n) is 7.34. The van der Waals surface area contributed by atoms with Crippen molar-refractivity contribution in [3.63, 3.8) is 0 Å². The molecule has 25 heavy (non-hydrogen) atoms. The lowest BCUT2D eigenvalue weighted by atomic mass is 10.1. The predicted molar refractivity (Wildman–Crippen MR) is 91.1 cm³/mol. The molecule has 0 heterocycles. The topological polar surface area (TPSA) is 66.5 Å². The molecule has 0 atom stereocenters. The SMILES string of the molecule is Cc1cc(C(=O)Nc2cc(F)ccc2F)cc(S(=O)(=O)N(C)C)c1C. The zero-order valence-corrected chi connectivity index (χ0v) is 15.0. The Morgan fingerprint density at radius 1 is 1.08 bits per heavy atom. The fourth-order valence-corrected chi connectivity index (χ4v) is 3.43. The van der Waals surface area contributed by atoms with E-state index in [1.165, 1.54) is 26.2 Å². The minimum atomic E-state index is -3.75. The summed E-state index contributed by atoms with van der Waals surface area (Å²) in [6.45, 7) is 3.31. The maximum Gasteiger partial charge on any atom is 0.255 e. The summed E-state index contributed by atoms with van der Waals surface area (Å²) >= 11 is 0. The Bertz CT molecular complexity index is 941. The number of hydrogen-bond donors (Lipinski definition) is 1. The highest BCUT2D eigenvalue weighted by molar-refractivity contribution is 7.89. The zero-order chi connectivity index (χ0) is 18.9. The molecule has 0 spiro atoms. The Morgan fingerprint density at radius 3 is 2.32 bits per heavy atom. The van der Waals surface area contributed by atoms with Crippen LogP contribution < -0.4 is 5.32 Å². The molecule has 0 aliphatic rings. The van der Waals surface area contributed by atoms with Crippen molar-refractivity contribution in [1.29, 1.82) is 0 Å². The Morgan fingerprint density at radius 2 is 1.72 bits per heavy atom. The van der Waals surface area contributed by atoms with E-state index in [0.717, 1.165) is 22.5 Å². The molecule has 0 fully saturated rings. The standard InChI is InChI=1S/C17H18F2N2O3S/c1-10-7-12(8-16(11(10)2)25(23,24)21(3)4)17(22)20-15-9-13(18)5-6-14(15)19/h5-9H,1-4H3,(H,20,22). The van der Waals surface area contributed by atoms with Gasteiger partial charge < -0.3 is 5.32 Å². The second-order valence-corrected chi connectivity index (χ2v) is 7.90. The predicted octanol–water partition coefficient (Wildman–Crippen LogP) is 3.08. The third-order valence-corrected chi connectivity index (χ3v) is 5.76. The number of halogens is 2. The van der Waals surface area contributed by atoms with E-state index in [4.69, 9.17) is 0 Å². The van der Waals surface area contributed by atoms with Crippen LogP contribution in [0, 0.1) is 25.5 Å². The number of nitrogens with zero attached hydrogens (tertiary/aromatic N) is 1. The van der Waals surface area contributed by atoms with Gasteiger partial charge in [0.25, 0.3) is 5.91 Å². The molecule has 1 amide bonds. The summed E-state index contributed by atoms with van der Waals surface area (Å²) in [6, 6.07) is 5.41. The molecule has 2 aromatic rings. The van der Waals surface area contributed by atoms with Gasteiger partial charge in [0.05, 0.1) is 10.6 Å². The van der Waals surface area contributed by atoms with Crippen molar-refractivity contribution in [2.45, 2.75) is 18.7 Å². The summed E-state index contributed by atoms with van der Waals surface area (Å²) in [7, 11) is -0.979. The molecule has 2 aromatic carbocycles. The van der Waals surface area contributed by atoms with Crippen molar-refractivity contribution in [2.75, 3.05) is 19.4 Å². The lowest BCUT2D eigenvalue weighted by Crippen LogP contribution is -2.24. The number of aryl methyl sites for hydroxylation is 1. The molecule has 0 unspecified atom stereocenters. The normalized spacial score (nSPS) is 11.6. The molecule has 2 rings (SSSR count). The summed E-state index contributed by atoms with van der Waals surface area (Å²) in [5.41, 5.74) is 0.822. The van der Waals surface area contributed by atoms with Gasteiger partial charge in [-0.1, -0.05) is 0 Å². The summed E-state index contributed by atoms with van der Waals surface area (Å²) in [6.07, 6.45) is 0. The van der Waals surface area contributed by atoms with E-state index in [-0.39, 0.29) is 16.1 Å². The van der Waals surface area contributed by atoms with E-state index in [9.17, 15) is 22.0 Å². The van der Waals surface area contributed by atoms with Crippen molar-refractivity contribution in [3.8, 4) is 0 Å². The fraction of sp³-hybridized carbons (Fsp3) is 0.235.